The van der Waals surface area contributed by atoms with Crippen molar-refractivity contribution in [3.8, 4) is 0 Å². The molecule has 0 unspecified atom stereocenters. The van der Waals surface area contributed by atoms with Crippen molar-refractivity contribution in [2.24, 2.45) is 0 Å². The monoisotopic (exact) mass is 276 g/mol. The summed E-state index contributed by atoms with van der Waals surface area (Å²) in [6.45, 7) is 8.07. The molecular formula is C16H24N2O2. The van der Waals surface area contributed by atoms with Gasteiger partial charge in [0, 0.05) is 25.3 Å². The van der Waals surface area contributed by atoms with E-state index in [2.05, 4.69) is 34.5 Å². The number of anilines is 1. The zero-order valence-corrected chi connectivity index (χ0v) is 12.6. The lowest BCUT2D eigenvalue weighted by atomic mass is 10.0. The Bertz CT molecular complexity index is 466. The number of alkyl carbamates (subject to hydrolysis) is 1. The average Bonchev–Trinajstić information content (AvgIpc) is 2.37. The number of carbonyl (C=O) groups excluding carboxylic acids is 1. The molecule has 0 aliphatic carbocycles. The number of hydrogen-bond acceptors (Lipinski definition) is 3. The Morgan fingerprint density at radius 3 is 2.85 bits per heavy atom. The second-order valence-electron chi connectivity index (χ2n) is 6.15. The van der Waals surface area contributed by atoms with Crippen LogP contribution < -0.4 is 10.2 Å². The molecule has 1 aliphatic rings. The molecular weight excluding hydrogens is 252 g/mol. The van der Waals surface area contributed by atoms with Crippen LogP contribution in [-0.2, 0) is 11.2 Å². The summed E-state index contributed by atoms with van der Waals surface area (Å²) in [5.74, 6) is 0. The van der Waals surface area contributed by atoms with Gasteiger partial charge >= 0.3 is 6.09 Å². The first-order valence-corrected chi connectivity index (χ1v) is 7.25. The number of benzene rings is 1. The largest absolute Gasteiger partial charge is 0.444 e. The predicted octanol–water partition coefficient (Wildman–Crippen LogP) is 2.96. The van der Waals surface area contributed by atoms with Crippen molar-refractivity contribution >= 4 is 11.8 Å². The molecule has 0 atom stereocenters. The van der Waals surface area contributed by atoms with Crippen molar-refractivity contribution in [2.75, 3.05) is 24.5 Å². The van der Waals surface area contributed by atoms with E-state index in [-0.39, 0.29) is 6.09 Å². The van der Waals surface area contributed by atoms with Crippen LogP contribution in [0, 0.1) is 0 Å². The Balaban J connectivity index is 1.82. The molecule has 0 fully saturated rings. The number of aryl methyl sites for hydroxylation is 1. The van der Waals surface area contributed by atoms with E-state index in [0.717, 1.165) is 19.5 Å². The maximum atomic E-state index is 11.6. The van der Waals surface area contributed by atoms with Gasteiger partial charge in [0.2, 0.25) is 0 Å². The van der Waals surface area contributed by atoms with Gasteiger partial charge in [-0.3, -0.25) is 0 Å². The van der Waals surface area contributed by atoms with Gasteiger partial charge in [-0.25, -0.2) is 4.79 Å². The van der Waals surface area contributed by atoms with E-state index in [1.165, 1.54) is 17.7 Å². The zero-order valence-electron chi connectivity index (χ0n) is 12.6. The summed E-state index contributed by atoms with van der Waals surface area (Å²) in [5.41, 5.74) is 2.25. The molecule has 0 aromatic heterocycles. The van der Waals surface area contributed by atoms with Gasteiger partial charge in [0.15, 0.2) is 0 Å². The minimum absolute atomic E-state index is 0.345. The van der Waals surface area contributed by atoms with Gasteiger partial charge in [0.1, 0.15) is 5.60 Å². The van der Waals surface area contributed by atoms with Crippen LogP contribution in [0.3, 0.4) is 0 Å². The molecule has 1 amide bonds. The van der Waals surface area contributed by atoms with Crippen LogP contribution >= 0.6 is 0 Å². The third-order valence-electron chi connectivity index (χ3n) is 3.26. The molecule has 0 saturated carbocycles. The number of carbonyl (C=O) groups is 1. The fourth-order valence-corrected chi connectivity index (χ4v) is 2.45. The summed E-state index contributed by atoms with van der Waals surface area (Å²) in [7, 11) is 0. The summed E-state index contributed by atoms with van der Waals surface area (Å²) >= 11 is 0. The van der Waals surface area contributed by atoms with E-state index in [1.807, 2.05) is 20.8 Å². The Hall–Kier alpha value is -1.71. The minimum Gasteiger partial charge on any atom is -0.444 e. The van der Waals surface area contributed by atoms with Crippen molar-refractivity contribution < 1.29 is 9.53 Å². The van der Waals surface area contributed by atoms with Gasteiger partial charge in [0.25, 0.3) is 0 Å². The molecule has 1 N–H and O–H groups in total. The van der Waals surface area contributed by atoms with Gasteiger partial charge < -0.3 is 15.0 Å². The Morgan fingerprint density at radius 2 is 2.10 bits per heavy atom. The van der Waals surface area contributed by atoms with Crippen LogP contribution in [0.5, 0.6) is 0 Å². The van der Waals surface area contributed by atoms with E-state index in [4.69, 9.17) is 4.74 Å². The molecule has 1 aromatic rings. The second-order valence-corrected chi connectivity index (χ2v) is 6.15. The molecule has 4 nitrogen and oxygen atoms in total. The smallest absolute Gasteiger partial charge is 0.407 e. The SMILES string of the molecule is CC(C)(C)OC(=O)NCCN1CCCc2ccccc21. The maximum Gasteiger partial charge on any atom is 0.407 e. The molecule has 1 heterocycles. The molecule has 2 rings (SSSR count). The van der Waals surface area contributed by atoms with E-state index >= 15 is 0 Å². The standard InChI is InChI=1S/C16H24N2O2/c1-16(2,3)20-15(19)17-10-12-18-11-6-8-13-7-4-5-9-14(13)18/h4-5,7,9H,6,8,10-12H2,1-3H3,(H,17,19). The van der Waals surface area contributed by atoms with Gasteiger partial charge in [-0.05, 0) is 45.2 Å². The highest BCUT2D eigenvalue weighted by atomic mass is 16.6. The maximum absolute atomic E-state index is 11.6. The molecule has 1 aliphatic heterocycles. The first kappa shape index (κ1) is 14.7. The normalized spacial score (nSPS) is 14.7. The highest BCUT2D eigenvalue weighted by molar-refractivity contribution is 5.67. The van der Waals surface area contributed by atoms with Crippen LogP contribution in [0.15, 0.2) is 24.3 Å². The van der Waals surface area contributed by atoms with E-state index in [9.17, 15) is 4.79 Å². The number of rotatable bonds is 3. The molecule has 0 spiro atoms. The van der Waals surface area contributed by atoms with Crippen LogP contribution in [-0.4, -0.2) is 31.3 Å². The Kier molecular flexibility index (Phi) is 4.53. The first-order chi connectivity index (χ1) is 9.46. The lowest BCUT2D eigenvalue weighted by molar-refractivity contribution is 0.0529. The number of hydrogen-bond donors (Lipinski definition) is 1. The Morgan fingerprint density at radius 1 is 1.35 bits per heavy atom. The Labute approximate surface area is 121 Å². The van der Waals surface area contributed by atoms with Gasteiger partial charge in [-0.15, -0.1) is 0 Å². The average molecular weight is 276 g/mol. The number of ether oxygens (including phenoxy) is 1. The van der Waals surface area contributed by atoms with Crippen LogP contribution in [0.2, 0.25) is 0 Å². The number of nitrogens with zero attached hydrogens (tertiary/aromatic N) is 1. The van der Waals surface area contributed by atoms with Crippen molar-refractivity contribution in [1.82, 2.24) is 5.32 Å². The second kappa shape index (κ2) is 6.16. The predicted molar refractivity (Wildman–Crippen MR) is 81.2 cm³/mol. The molecule has 20 heavy (non-hydrogen) atoms. The lowest BCUT2D eigenvalue weighted by Crippen LogP contribution is -2.39. The quantitative estimate of drug-likeness (QED) is 0.923. The first-order valence-electron chi connectivity index (χ1n) is 7.25. The number of fused-ring (bicyclic) bond motifs is 1. The third-order valence-corrected chi connectivity index (χ3v) is 3.26. The summed E-state index contributed by atoms with van der Waals surface area (Å²) in [5, 5.41) is 2.81. The third kappa shape index (κ3) is 4.15. The molecule has 4 heteroatoms. The van der Waals surface area contributed by atoms with Crippen LogP contribution in [0.4, 0.5) is 10.5 Å². The molecule has 0 saturated heterocycles. The highest BCUT2D eigenvalue weighted by Gasteiger charge is 2.18. The van der Waals surface area contributed by atoms with Crippen molar-refractivity contribution in [1.29, 1.82) is 0 Å². The van der Waals surface area contributed by atoms with E-state index in [1.54, 1.807) is 0 Å². The van der Waals surface area contributed by atoms with Crippen molar-refractivity contribution in [2.45, 2.75) is 39.2 Å². The molecule has 0 bridgehead atoms. The molecule has 1 aromatic carbocycles. The summed E-state index contributed by atoms with van der Waals surface area (Å²) in [6.07, 6.45) is 1.97. The summed E-state index contributed by atoms with van der Waals surface area (Å²) in [4.78, 5) is 13.9. The zero-order chi connectivity index (χ0) is 14.6. The van der Waals surface area contributed by atoms with Crippen molar-refractivity contribution in [3.05, 3.63) is 29.8 Å². The summed E-state index contributed by atoms with van der Waals surface area (Å²) in [6, 6.07) is 8.49. The van der Waals surface area contributed by atoms with Crippen molar-refractivity contribution in [3.63, 3.8) is 0 Å². The van der Waals surface area contributed by atoms with Gasteiger partial charge in [-0.2, -0.15) is 0 Å². The molecule has 0 radical (unpaired) electrons. The topological polar surface area (TPSA) is 41.6 Å². The molecule has 110 valence electrons. The number of nitrogens with one attached hydrogen (secondary N) is 1. The number of amides is 1. The van der Waals surface area contributed by atoms with Gasteiger partial charge in [0.05, 0.1) is 0 Å². The number of para-hydroxylation sites is 1. The van der Waals surface area contributed by atoms with Gasteiger partial charge in [-0.1, -0.05) is 18.2 Å². The van der Waals surface area contributed by atoms with E-state index in [0.29, 0.717) is 6.54 Å². The fourth-order valence-electron chi connectivity index (χ4n) is 2.45. The van der Waals surface area contributed by atoms with Crippen LogP contribution in [0.1, 0.15) is 32.8 Å². The van der Waals surface area contributed by atoms with Crippen LogP contribution in [0.25, 0.3) is 0 Å². The highest BCUT2D eigenvalue weighted by Crippen LogP contribution is 2.25. The summed E-state index contributed by atoms with van der Waals surface area (Å²) < 4.78 is 5.23. The minimum atomic E-state index is -0.443. The van der Waals surface area contributed by atoms with E-state index < -0.39 is 5.60 Å². The lowest BCUT2D eigenvalue weighted by Gasteiger charge is -2.31. The fraction of sp³-hybridized carbons (Fsp3) is 0.562.